The molecule has 2 heterocycles. The van der Waals surface area contributed by atoms with Gasteiger partial charge in [0.15, 0.2) is 5.78 Å². The molecule has 3 fully saturated rings. The topological polar surface area (TPSA) is 72.6 Å². The molecule has 0 bridgehead atoms. The number of hydrogen-bond donors (Lipinski definition) is 1. The van der Waals surface area contributed by atoms with Crippen molar-refractivity contribution in [1.29, 1.82) is 0 Å². The van der Waals surface area contributed by atoms with Crippen molar-refractivity contribution in [2.45, 2.75) is 69.6 Å². The van der Waals surface area contributed by atoms with E-state index in [1.807, 2.05) is 0 Å². The van der Waals surface area contributed by atoms with E-state index in [4.69, 9.17) is 10.5 Å². The van der Waals surface area contributed by atoms with E-state index in [-0.39, 0.29) is 30.4 Å². The maximum atomic E-state index is 12.7. The van der Waals surface area contributed by atoms with Crippen LogP contribution in [0.3, 0.4) is 0 Å². The van der Waals surface area contributed by atoms with Crippen LogP contribution >= 0.6 is 0 Å². The Balaban J connectivity index is 1.61. The number of nitrogens with zero attached hydrogens (tertiary/aromatic N) is 1. The first-order chi connectivity index (χ1) is 10.2. The zero-order valence-corrected chi connectivity index (χ0v) is 12.6. The van der Waals surface area contributed by atoms with Gasteiger partial charge in [0.2, 0.25) is 5.91 Å². The number of amides is 1. The van der Waals surface area contributed by atoms with E-state index in [2.05, 4.69) is 0 Å². The molecule has 0 radical (unpaired) electrons. The molecule has 2 aliphatic heterocycles. The number of ether oxygens (including phenoxy) is 1. The molecule has 0 aromatic carbocycles. The largest absolute Gasteiger partial charge is 0.368 e. The van der Waals surface area contributed by atoms with Gasteiger partial charge in [0.05, 0.1) is 12.1 Å². The number of carbonyl (C=O) groups excluding carboxylic acids is 2. The minimum atomic E-state index is -0.458. The van der Waals surface area contributed by atoms with Crippen molar-refractivity contribution in [1.82, 2.24) is 4.90 Å². The quantitative estimate of drug-likeness (QED) is 0.850. The number of likely N-dealkylation sites (tertiary alicyclic amines) is 1. The highest BCUT2D eigenvalue weighted by Gasteiger charge is 2.45. The number of nitrogens with two attached hydrogens (primary N) is 1. The van der Waals surface area contributed by atoms with Gasteiger partial charge in [-0.05, 0) is 25.2 Å². The van der Waals surface area contributed by atoms with Crippen LogP contribution in [0.1, 0.15) is 51.4 Å². The summed E-state index contributed by atoms with van der Waals surface area (Å²) in [5, 5.41) is 0. The lowest BCUT2D eigenvalue weighted by Crippen LogP contribution is -2.56. The highest BCUT2D eigenvalue weighted by atomic mass is 16.5. The van der Waals surface area contributed by atoms with Gasteiger partial charge in [0, 0.05) is 6.54 Å². The minimum absolute atomic E-state index is 0.0397. The fourth-order valence-electron chi connectivity index (χ4n) is 4.13. The van der Waals surface area contributed by atoms with E-state index in [9.17, 15) is 9.59 Å². The van der Waals surface area contributed by atoms with Gasteiger partial charge in [-0.1, -0.05) is 32.1 Å². The van der Waals surface area contributed by atoms with Gasteiger partial charge in [-0.2, -0.15) is 0 Å². The van der Waals surface area contributed by atoms with Gasteiger partial charge in [-0.25, -0.2) is 0 Å². The molecule has 2 N–H and O–H groups in total. The highest BCUT2D eigenvalue weighted by Crippen LogP contribution is 2.30. The lowest BCUT2D eigenvalue weighted by Gasteiger charge is -2.37. The van der Waals surface area contributed by atoms with E-state index in [0.717, 1.165) is 19.3 Å². The summed E-state index contributed by atoms with van der Waals surface area (Å²) < 4.78 is 5.50. The number of ketones is 1. The molecular weight excluding hydrogens is 268 g/mol. The molecule has 3 aliphatic rings. The third-order valence-electron chi connectivity index (χ3n) is 5.26. The Labute approximate surface area is 126 Å². The van der Waals surface area contributed by atoms with Gasteiger partial charge in [0.25, 0.3) is 0 Å². The average Bonchev–Trinajstić information content (AvgIpc) is 2.89. The van der Waals surface area contributed by atoms with Gasteiger partial charge in [0.1, 0.15) is 12.6 Å². The third-order valence-corrected chi connectivity index (χ3v) is 5.26. The summed E-state index contributed by atoms with van der Waals surface area (Å²) in [6.07, 6.45) is 8.64. The van der Waals surface area contributed by atoms with Crippen molar-refractivity contribution in [2.24, 2.45) is 11.7 Å². The van der Waals surface area contributed by atoms with Crippen molar-refractivity contribution in [3.63, 3.8) is 0 Å². The SMILES string of the molecule is NC(CC1CCCCC1)C(=O)N1CCCC2OCC(=O)C21. The van der Waals surface area contributed by atoms with E-state index >= 15 is 0 Å². The molecule has 118 valence electrons. The Morgan fingerprint density at radius 2 is 2.00 bits per heavy atom. The zero-order valence-electron chi connectivity index (χ0n) is 12.6. The zero-order chi connectivity index (χ0) is 14.8. The molecule has 1 aliphatic carbocycles. The Hall–Kier alpha value is -0.940. The lowest BCUT2D eigenvalue weighted by molar-refractivity contribution is -0.142. The molecule has 0 aromatic heterocycles. The van der Waals surface area contributed by atoms with Crippen LogP contribution in [0.15, 0.2) is 0 Å². The fourth-order valence-corrected chi connectivity index (χ4v) is 4.13. The molecule has 5 heteroatoms. The molecule has 2 saturated heterocycles. The van der Waals surface area contributed by atoms with Crippen molar-refractivity contribution in [3.05, 3.63) is 0 Å². The Kier molecular flexibility index (Phi) is 4.60. The first-order valence-electron chi connectivity index (χ1n) is 8.37. The number of piperidine rings is 1. The molecular formula is C16H26N2O3. The maximum absolute atomic E-state index is 12.7. The molecule has 1 amide bonds. The summed E-state index contributed by atoms with van der Waals surface area (Å²) in [5.41, 5.74) is 6.16. The number of fused-ring (bicyclic) bond motifs is 1. The Bertz CT molecular complexity index is 406. The average molecular weight is 294 g/mol. The second-order valence-corrected chi connectivity index (χ2v) is 6.78. The van der Waals surface area contributed by atoms with Gasteiger partial charge in [-0.15, -0.1) is 0 Å². The number of hydrogen-bond acceptors (Lipinski definition) is 4. The van der Waals surface area contributed by atoms with Gasteiger partial charge >= 0.3 is 0 Å². The van der Waals surface area contributed by atoms with Crippen molar-refractivity contribution < 1.29 is 14.3 Å². The molecule has 21 heavy (non-hydrogen) atoms. The van der Waals surface area contributed by atoms with Gasteiger partial charge in [-0.3, -0.25) is 9.59 Å². The summed E-state index contributed by atoms with van der Waals surface area (Å²) in [5.74, 6) is 0.570. The van der Waals surface area contributed by atoms with Crippen LogP contribution in [0.25, 0.3) is 0 Å². The van der Waals surface area contributed by atoms with Crippen LogP contribution in [0.2, 0.25) is 0 Å². The molecule has 1 saturated carbocycles. The second kappa shape index (κ2) is 6.44. The molecule has 3 atom stereocenters. The maximum Gasteiger partial charge on any atom is 0.240 e. The minimum Gasteiger partial charge on any atom is -0.368 e. The number of rotatable bonds is 3. The van der Waals surface area contributed by atoms with E-state index in [0.29, 0.717) is 12.5 Å². The Morgan fingerprint density at radius 1 is 1.24 bits per heavy atom. The molecule has 3 rings (SSSR count). The third kappa shape index (κ3) is 3.14. The van der Waals surface area contributed by atoms with Crippen molar-refractivity contribution >= 4 is 11.7 Å². The van der Waals surface area contributed by atoms with Crippen LogP contribution in [0.4, 0.5) is 0 Å². The van der Waals surface area contributed by atoms with Crippen LogP contribution in [-0.2, 0) is 14.3 Å². The summed E-state index contributed by atoms with van der Waals surface area (Å²) in [7, 11) is 0. The van der Waals surface area contributed by atoms with Crippen LogP contribution < -0.4 is 5.73 Å². The summed E-state index contributed by atoms with van der Waals surface area (Å²) in [6, 6.07) is -0.830. The first-order valence-corrected chi connectivity index (χ1v) is 8.37. The van der Waals surface area contributed by atoms with Crippen molar-refractivity contribution in [2.75, 3.05) is 13.2 Å². The van der Waals surface area contributed by atoms with E-state index in [1.54, 1.807) is 4.90 Å². The van der Waals surface area contributed by atoms with Crippen LogP contribution in [-0.4, -0.2) is 47.9 Å². The van der Waals surface area contributed by atoms with E-state index in [1.165, 1.54) is 32.1 Å². The smallest absolute Gasteiger partial charge is 0.240 e. The van der Waals surface area contributed by atoms with Gasteiger partial charge < -0.3 is 15.4 Å². The molecule has 3 unspecified atom stereocenters. The number of carbonyl (C=O) groups is 2. The molecule has 5 nitrogen and oxygen atoms in total. The normalized spacial score (nSPS) is 32.0. The second-order valence-electron chi connectivity index (χ2n) is 6.78. The van der Waals surface area contributed by atoms with Crippen LogP contribution in [0.5, 0.6) is 0 Å². The highest BCUT2D eigenvalue weighted by molar-refractivity contribution is 5.93. The summed E-state index contributed by atoms with van der Waals surface area (Å²) in [6.45, 7) is 0.796. The predicted octanol–water partition coefficient (Wildman–Crippen LogP) is 1.24. The predicted molar refractivity (Wildman–Crippen MR) is 78.6 cm³/mol. The van der Waals surface area contributed by atoms with Crippen molar-refractivity contribution in [3.8, 4) is 0 Å². The lowest BCUT2D eigenvalue weighted by atomic mass is 9.84. The summed E-state index contributed by atoms with van der Waals surface area (Å²) in [4.78, 5) is 26.3. The first kappa shape index (κ1) is 15.0. The number of Topliss-reactive ketones (excluding diaryl/α,β-unsaturated/α-hetero) is 1. The van der Waals surface area contributed by atoms with Crippen LogP contribution in [0, 0.1) is 5.92 Å². The standard InChI is InChI=1S/C16H26N2O3/c17-12(9-11-5-2-1-3-6-11)16(20)18-8-4-7-14-15(18)13(19)10-21-14/h11-12,14-15H,1-10,17H2. The van der Waals surface area contributed by atoms with E-state index < -0.39 is 6.04 Å². The fraction of sp³-hybridized carbons (Fsp3) is 0.875. The molecule has 0 spiro atoms. The summed E-state index contributed by atoms with van der Waals surface area (Å²) >= 11 is 0. The monoisotopic (exact) mass is 294 g/mol. The Morgan fingerprint density at radius 3 is 2.76 bits per heavy atom. The molecule has 0 aromatic rings.